The van der Waals surface area contributed by atoms with Crippen LogP contribution in [0.1, 0.15) is 45.4 Å². The molecular formula is C12H20OS. The van der Waals surface area contributed by atoms with Crippen molar-refractivity contribution < 1.29 is 4.79 Å². The second-order valence-electron chi connectivity index (χ2n) is 3.76. The topological polar surface area (TPSA) is 17.1 Å². The van der Waals surface area contributed by atoms with Crippen LogP contribution in [0.3, 0.4) is 0 Å². The number of hydrogen-bond acceptors (Lipinski definition) is 2. The standard InChI is InChI=1S/C12H20OS/c1-2-3-9-14-10-8-11-6-4-5-7-12(11)13/h6H,2-5,7-10H2,1H3. The van der Waals surface area contributed by atoms with Crippen molar-refractivity contribution in [2.24, 2.45) is 0 Å². The first kappa shape index (κ1) is 11.8. The molecule has 0 saturated carbocycles. The molecule has 1 nitrogen and oxygen atoms in total. The lowest BCUT2D eigenvalue weighted by molar-refractivity contribution is -0.116. The third-order valence-electron chi connectivity index (χ3n) is 2.51. The Kier molecular flexibility index (Phi) is 6.00. The summed E-state index contributed by atoms with van der Waals surface area (Å²) in [5.74, 6) is 2.77. The lowest BCUT2D eigenvalue weighted by Gasteiger charge is -2.10. The van der Waals surface area contributed by atoms with E-state index < -0.39 is 0 Å². The van der Waals surface area contributed by atoms with E-state index in [0.29, 0.717) is 5.78 Å². The highest BCUT2D eigenvalue weighted by Gasteiger charge is 2.12. The number of thioether (sulfide) groups is 1. The minimum atomic E-state index is 0.396. The molecule has 0 aromatic heterocycles. The third-order valence-corrected chi connectivity index (χ3v) is 3.58. The molecule has 0 spiro atoms. The van der Waals surface area contributed by atoms with Crippen LogP contribution in [0.15, 0.2) is 11.6 Å². The zero-order valence-corrected chi connectivity index (χ0v) is 9.87. The van der Waals surface area contributed by atoms with Crippen LogP contribution in [-0.2, 0) is 4.79 Å². The number of hydrogen-bond donors (Lipinski definition) is 0. The number of ketones is 1. The smallest absolute Gasteiger partial charge is 0.158 e. The largest absolute Gasteiger partial charge is 0.295 e. The second-order valence-corrected chi connectivity index (χ2v) is 4.99. The molecule has 0 bridgehead atoms. The van der Waals surface area contributed by atoms with E-state index >= 15 is 0 Å². The van der Waals surface area contributed by atoms with Gasteiger partial charge in [0.15, 0.2) is 5.78 Å². The fourth-order valence-electron chi connectivity index (χ4n) is 1.59. The molecule has 0 fully saturated rings. The maximum atomic E-state index is 11.4. The van der Waals surface area contributed by atoms with Gasteiger partial charge in [-0.1, -0.05) is 19.4 Å². The van der Waals surface area contributed by atoms with Crippen molar-refractivity contribution >= 4 is 17.5 Å². The van der Waals surface area contributed by atoms with Crippen LogP contribution in [0, 0.1) is 0 Å². The summed E-state index contributed by atoms with van der Waals surface area (Å²) in [7, 11) is 0. The Hall–Kier alpha value is -0.240. The van der Waals surface area contributed by atoms with Gasteiger partial charge in [0, 0.05) is 6.42 Å². The molecular weight excluding hydrogens is 192 g/mol. The Labute approximate surface area is 91.3 Å². The average molecular weight is 212 g/mol. The fraction of sp³-hybridized carbons (Fsp3) is 0.750. The molecule has 2 heteroatoms. The van der Waals surface area contributed by atoms with E-state index in [0.717, 1.165) is 37.0 Å². The van der Waals surface area contributed by atoms with Crippen LogP contribution in [-0.4, -0.2) is 17.3 Å². The minimum Gasteiger partial charge on any atom is -0.295 e. The van der Waals surface area contributed by atoms with Crippen molar-refractivity contribution in [1.29, 1.82) is 0 Å². The van der Waals surface area contributed by atoms with E-state index in [2.05, 4.69) is 13.0 Å². The van der Waals surface area contributed by atoms with Gasteiger partial charge >= 0.3 is 0 Å². The summed E-state index contributed by atoms with van der Waals surface area (Å²) < 4.78 is 0. The second kappa shape index (κ2) is 7.10. The lowest BCUT2D eigenvalue weighted by atomic mass is 9.96. The Morgan fingerprint density at radius 2 is 2.29 bits per heavy atom. The van der Waals surface area contributed by atoms with Gasteiger partial charge in [-0.15, -0.1) is 0 Å². The molecule has 0 radical (unpaired) electrons. The fourth-order valence-corrected chi connectivity index (χ4v) is 2.65. The van der Waals surface area contributed by atoms with Crippen LogP contribution in [0.5, 0.6) is 0 Å². The molecule has 0 saturated heterocycles. The van der Waals surface area contributed by atoms with Crippen LogP contribution in [0.4, 0.5) is 0 Å². The zero-order chi connectivity index (χ0) is 10.2. The maximum absolute atomic E-state index is 11.4. The summed E-state index contributed by atoms with van der Waals surface area (Å²) in [5.41, 5.74) is 1.10. The Morgan fingerprint density at radius 1 is 1.43 bits per heavy atom. The monoisotopic (exact) mass is 212 g/mol. The molecule has 80 valence electrons. The number of carbonyl (C=O) groups is 1. The van der Waals surface area contributed by atoms with Crippen LogP contribution >= 0.6 is 11.8 Å². The van der Waals surface area contributed by atoms with E-state index in [-0.39, 0.29) is 0 Å². The first-order chi connectivity index (χ1) is 6.84. The highest BCUT2D eigenvalue weighted by Crippen LogP contribution is 2.19. The normalized spacial score (nSPS) is 16.9. The number of carbonyl (C=O) groups excluding carboxylic acids is 1. The van der Waals surface area contributed by atoms with Gasteiger partial charge in [-0.25, -0.2) is 0 Å². The van der Waals surface area contributed by atoms with Gasteiger partial charge in [0.1, 0.15) is 0 Å². The van der Waals surface area contributed by atoms with E-state index in [4.69, 9.17) is 0 Å². The molecule has 0 aromatic carbocycles. The lowest BCUT2D eigenvalue weighted by Crippen LogP contribution is -2.07. The predicted octanol–water partition coefficient (Wildman–Crippen LogP) is 3.59. The zero-order valence-electron chi connectivity index (χ0n) is 9.05. The maximum Gasteiger partial charge on any atom is 0.158 e. The van der Waals surface area contributed by atoms with Gasteiger partial charge in [-0.2, -0.15) is 11.8 Å². The van der Waals surface area contributed by atoms with Crippen molar-refractivity contribution in [3.8, 4) is 0 Å². The van der Waals surface area contributed by atoms with Crippen molar-refractivity contribution in [3.63, 3.8) is 0 Å². The van der Waals surface area contributed by atoms with Crippen molar-refractivity contribution in [2.75, 3.05) is 11.5 Å². The molecule has 0 aromatic rings. The van der Waals surface area contributed by atoms with Crippen LogP contribution in [0.25, 0.3) is 0 Å². The molecule has 0 amide bonds. The van der Waals surface area contributed by atoms with Gasteiger partial charge in [0.05, 0.1) is 0 Å². The third kappa shape index (κ3) is 4.32. The molecule has 1 rings (SSSR count). The van der Waals surface area contributed by atoms with Gasteiger partial charge in [0.2, 0.25) is 0 Å². The van der Waals surface area contributed by atoms with Crippen molar-refractivity contribution in [3.05, 3.63) is 11.6 Å². The van der Waals surface area contributed by atoms with Crippen molar-refractivity contribution in [1.82, 2.24) is 0 Å². The van der Waals surface area contributed by atoms with E-state index in [1.54, 1.807) is 0 Å². The molecule has 0 N–H and O–H groups in total. The van der Waals surface area contributed by atoms with Crippen molar-refractivity contribution in [2.45, 2.75) is 45.4 Å². The quantitative estimate of drug-likeness (QED) is 0.626. The first-order valence-electron chi connectivity index (χ1n) is 5.64. The number of unbranched alkanes of at least 4 members (excludes halogenated alkanes) is 1. The van der Waals surface area contributed by atoms with Gasteiger partial charge in [0.25, 0.3) is 0 Å². The molecule has 1 aliphatic carbocycles. The summed E-state index contributed by atoms with van der Waals surface area (Å²) in [6, 6.07) is 0. The van der Waals surface area contributed by atoms with Crippen LogP contribution < -0.4 is 0 Å². The van der Waals surface area contributed by atoms with E-state index in [9.17, 15) is 4.79 Å². The molecule has 0 heterocycles. The Morgan fingerprint density at radius 3 is 3.00 bits per heavy atom. The molecule has 0 atom stereocenters. The molecule has 0 aliphatic heterocycles. The molecule has 0 unspecified atom stereocenters. The van der Waals surface area contributed by atoms with E-state index in [1.807, 2.05) is 11.8 Å². The minimum absolute atomic E-state index is 0.396. The van der Waals surface area contributed by atoms with Gasteiger partial charge in [-0.3, -0.25) is 4.79 Å². The Bertz CT molecular complexity index is 208. The SMILES string of the molecule is CCCCSCCC1=CCCCC1=O. The number of rotatable bonds is 6. The summed E-state index contributed by atoms with van der Waals surface area (Å²) in [6.07, 6.45) is 8.67. The highest BCUT2D eigenvalue weighted by molar-refractivity contribution is 7.99. The summed E-state index contributed by atoms with van der Waals surface area (Å²) in [5, 5.41) is 0. The summed E-state index contributed by atoms with van der Waals surface area (Å²) in [6.45, 7) is 2.22. The first-order valence-corrected chi connectivity index (χ1v) is 6.80. The van der Waals surface area contributed by atoms with Gasteiger partial charge < -0.3 is 0 Å². The highest BCUT2D eigenvalue weighted by atomic mass is 32.2. The average Bonchev–Trinajstić information content (AvgIpc) is 2.20. The van der Waals surface area contributed by atoms with Crippen LogP contribution in [0.2, 0.25) is 0 Å². The van der Waals surface area contributed by atoms with E-state index in [1.165, 1.54) is 18.6 Å². The predicted molar refractivity (Wildman–Crippen MR) is 63.8 cm³/mol. The van der Waals surface area contributed by atoms with Gasteiger partial charge in [-0.05, 0) is 42.8 Å². The molecule has 1 aliphatic rings. The number of allylic oxidation sites excluding steroid dienone is 2. The summed E-state index contributed by atoms with van der Waals surface area (Å²) in [4.78, 5) is 11.4. The molecule has 14 heavy (non-hydrogen) atoms. The summed E-state index contributed by atoms with van der Waals surface area (Å²) >= 11 is 1.98. The Balaban J connectivity index is 2.11. The number of Topliss-reactive ketones (excluding diaryl/α,β-unsaturated/α-hetero) is 1.